The summed E-state index contributed by atoms with van der Waals surface area (Å²) in [6.07, 6.45) is 0. The van der Waals surface area contributed by atoms with E-state index in [9.17, 15) is 19.7 Å². The van der Waals surface area contributed by atoms with E-state index in [0.717, 1.165) is 9.80 Å². The molecule has 0 fully saturated rings. The molecule has 0 saturated carbocycles. The van der Waals surface area contributed by atoms with Crippen molar-refractivity contribution in [2.75, 3.05) is 12.3 Å². The quantitative estimate of drug-likeness (QED) is 0.273. The molecule has 0 aromatic heterocycles. The summed E-state index contributed by atoms with van der Waals surface area (Å²) in [6, 6.07) is 11.6. The van der Waals surface area contributed by atoms with Crippen molar-refractivity contribution < 1.29 is 14.5 Å². The third-order valence-electron chi connectivity index (χ3n) is 3.92. The predicted molar refractivity (Wildman–Crippen MR) is 98.1 cm³/mol. The molecular weight excluding hydrogens is 352 g/mol. The van der Waals surface area contributed by atoms with Crippen LogP contribution in [0.15, 0.2) is 47.4 Å². The minimum atomic E-state index is -0.411. The monoisotopic (exact) mass is 366 g/mol. The van der Waals surface area contributed by atoms with Crippen LogP contribution >= 0.6 is 11.8 Å². The van der Waals surface area contributed by atoms with E-state index in [2.05, 4.69) is 11.8 Å². The van der Waals surface area contributed by atoms with Crippen LogP contribution in [0.4, 0.5) is 5.69 Å². The van der Waals surface area contributed by atoms with Gasteiger partial charge in [0.15, 0.2) is 0 Å². The smallest absolute Gasteiger partial charge is 0.269 e. The van der Waals surface area contributed by atoms with Gasteiger partial charge in [-0.3, -0.25) is 24.6 Å². The van der Waals surface area contributed by atoms with Crippen molar-refractivity contribution in [3.8, 4) is 11.8 Å². The number of amides is 2. The van der Waals surface area contributed by atoms with E-state index in [1.165, 1.54) is 17.8 Å². The van der Waals surface area contributed by atoms with E-state index in [4.69, 9.17) is 0 Å². The highest BCUT2D eigenvalue weighted by Crippen LogP contribution is 2.25. The van der Waals surface area contributed by atoms with E-state index in [1.807, 2.05) is 0 Å². The largest absolute Gasteiger partial charge is 0.272 e. The molecule has 2 aromatic rings. The summed E-state index contributed by atoms with van der Waals surface area (Å²) in [4.78, 5) is 36.8. The summed E-state index contributed by atoms with van der Waals surface area (Å²) in [6.45, 7) is 1.74. The van der Waals surface area contributed by atoms with Gasteiger partial charge in [-0.05, 0) is 31.2 Å². The molecular formula is C19H14N2O4S. The zero-order valence-electron chi connectivity index (χ0n) is 13.9. The molecule has 1 aliphatic rings. The molecule has 6 nitrogen and oxygen atoms in total. The second kappa shape index (κ2) is 7.42. The van der Waals surface area contributed by atoms with E-state index in [0.29, 0.717) is 22.4 Å². The van der Waals surface area contributed by atoms with Crippen molar-refractivity contribution in [3.63, 3.8) is 0 Å². The van der Waals surface area contributed by atoms with Gasteiger partial charge < -0.3 is 0 Å². The number of aryl methyl sites for hydroxylation is 1. The van der Waals surface area contributed by atoms with Crippen molar-refractivity contribution in [2.45, 2.75) is 11.8 Å². The topological polar surface area (TPSA) is 80.5 Å². The zero-order valence-corrected chi connectivity index (χ0v) is 14.7. The Hall–Kier alpha value is -3.11. The third-order valence-corrected chi connectivity index (χ3v) is 4.79. The molecule has 0 spiro atoms. The first-order chi connectivity index (χ1) is 12.5. The van der Waals surface area contributed by atoms with Gasteiger partial charge in [-0.25, -0.2) is 0 Å². The number of rotatable bonds is 4. The molecule has 0 atom stereocenters. The minimum Gasteiger partial charge on any atom is -0.269 e. The number of nitro benzene ring substituents is 1. The van der Waals surface area contributed by atoms with Crippen LogP contribution in [0.25, 0.3) is 0 Å². The van der Waals surface area contributed by atoms with Crippen LogP contribution in [0, 0.1) is 28.9 Å². The number of nitrogens with zero attached hydrogens (tertiary/aromatic N) is 2. The number of benzene rings is 2. The number of nitro groups is 1. The summed E-state index contributed by atoms with van der Waals surface area (Å²) >= 11 is 1.44. The number of carbonyl (C=O) groups excluding carboxylic acids is 2. The number of thioether (sulfide) groups is 1. The lowest BCUT2D eigenvalue weighted by atomic mass is 10.1. The third kappa shape index (κ3) is 3.46. The number of carbonyl (C=O) groups is 2. The molecule has 0 saturated heterocycles. The Morgan fingerprint density at radius 3 is 2.31 bits per heavy atom. The molecule has 1 aliphatic heterocycles. The molecule has 0 aliphatic carbocycles. The second-order valence-corrected chi connectivity index (χ2v) is 6.64. The SMILES string of the molecule is Cc1cc(SCC#CCN2C(=O)c3ccccc3C2=O)ccc1[N+](=O)[O-]. The molecule has 2 aromatic carbocycles. The van der Waals surface area contributed by atoms with Gasteiger partial charge in [0.2, 0.25) is 0 Å². The maximum atomic E-state index is 12.2. The lowest BCUT2D eigenvalue weighted by Crippen LogP contribution is -2.30. The Labute approximate surface area is 154 Å². The highest BCUT2D eigenvalue weighted by atomic mass is 32.2. The average molecular weight is 366 g/mol. The maximum absolute atomic E-state index is 12.2. The van der Waals surface area contributed by atoms with E-state index in [-0.39, 0.29) is 24.0 Å². The fourth-order valence-electron chi connectivity index (χ4n) is 2.61. The van der Waals surface area contributed by atoms with Gasteiger partial charge in [0, 0.05) is 16.5 Å². The van der Waals surface area contributed by atoms with Crippen molar-refractivity contribution in [1.82, 2.24) is 4.90 Å². The molecule has 0 radical (unpaired) electrons. The fourth-order valence-corrected chi connectivity index (χ4v) is 3.38. The first-order valence-electron chi connectivity index (χ1n) is 7.78. The molecule has 3 rings (SSSR count). The number of hydrogen-bond acceptors (Lipinski definition) is 5. The second-order valence-electron chi connectivity index (χ2n) is 5.59. The van der Waals surface area contributed by atoms with Crippen LogP contribution in [0.5, 0.6) is 0 Å². The van der Waals surface area contributed by atoms with Gasteiger partial charge in [-0.2, -0.15) is 0 Å². The van der Waals surface area contributed by atoms with Crippen LogP contribution in [-0.4, -0.2) is 33.9 Å². The molecule has 2 amide bonds. The summed E-state index contributed by atoms with van der Waals surface area (Å²) in [5.41, 5.74) is 1.51. The fraction of sp³-hybridized carbons (Fsp3) is 0.158. The normalized spacial score (nSPS) is 12.6. The van der Waals surface area contributed by atoms with Crippen molar-refractivity contribution in [1.29, 1.82) is 0 Å². The molecule has 1 heterocycles. The summed E-state index contributed by atoms with van der Waals surface area (Å²) < 4.78 is 0. The number of hydrogen-bond donors (Lipinski definition) is 0. The van der Waals surface area contributed by atoms with Crippen molar-refractivity contribution in [2.24, 2.45) is 0 Å². The first-order valence-corrected chi connectivity index (χ1v) is 8.76. The maximum Gasteiger partial charge on any atom is 0.272 e. The van der Waals surface area contributed by atoms with Crippen LogP contribution in [0.2, 0.25) is 0 Å². The van der Waals surface area contributed by atoms with Crippen LogP contribution in [-0.2, 0) is 0 Å². The Balaban J connectivity index is 1.57. The van der Waals surface area contributed by atoms with Gasteiger partial charge >= 0.3 is 0 Å². The van der Waals surface area contributed by atoms with Crippen LogP contribution in [0.3, 0.4) is 0 Å². The molecule has 0 N–H and O–H groups in total. The Morgan fingerprint density at radius 2 is 1.73 bits per heavy atom. The average Bonchev–Trinajstić information content (AvgIpc) is 2.86. The van der Waals surface area contributed by atoms with Gasteiger partial charge in [0.1, 0.15) is 0 Å². The molecule has 0 unspecified atom stereocenters. The van der Waals surface area contributed by atoms with Gasteiger partial charge in [0.25, 0.3) is 17.5 Å². The van der Waals surface area contributed by atoms with Gasteiger partial charge in [0.05, 0.1) is 28.3 Å². The lowest BCUT2D eigenvalue weighted by molar-refractivity contribution is -0.385. The Morgan fingerprint density at radius 1 is 1.08 bits per heavy atom. The van der Waals surface area contributed by atoms with Crippen LogP contribution < -0.4 is 0 Å². The van der Waals surface area contributed by atoms with E-state index < -0.39 is 4.92 Å². The predicted octanol–water partition coefficient (Wildman–Crippen LogP) is 3.29. The highest BCUT2D eigenvalue weighted by molar-refractivity contribution is 7.99. The van der Waals surface area contributed by atoms with Gasteiger partial charge in [-0.15, -0.1) is 11.8 Å². The Kier molecular flexibility index (Phi) is 5.05. The van der Waals surface area contributed by atoms with Crippen molar-refractivity contribution in [3.05, 3.63) is 69.3 Å². The highest BCUT2D eigenvalue weighted by Gasteiger charge is 2.34. The summed E-state index contributed by atoms with van der Waals surface area (Å²) in [7, 11) is 0. The minimum absolute atomic E-state index is 0.0478. The zero-order chi connectivity index (χ0) is 18.7. The number of fused-ring (bicyclic) bond motifs is 1. The first kappa shape index (κ1) is 17.7. The van der Waals surface area contributed by atoms with Gasteiger partial charge in [-0.1, -0.05) is 24.0 Å². The molecule has 26 heavy (non-hydrogen) atoms. The lowest BCUT2D eigenvalue weighted by Gasteiger charge is -2.08. The Bertz CT molecular complexity index is 940. The van der Waals surface area contributed by atoms with Crippen molar-refractivity contribution >= 4 is 29.3 Å². The molecule has 0 bridgehead atoms. The number of imide groups is 1. The summed E-state index contributed by atoms with van der Waals surface area (Å²) in [5, 5.41) is 10.8. The standard InChI is InChI=1S/C19H14N2O4S/c1-13-12-14(8-9-17(13)21(24)25)26-11-5-4-10-20-18(22)15-6-2-3-7-16(15)19(20)23/h2-3,6-9,12H,10-11H2,1H3. The molecule has 130 valence electrons. The van der Waals surface area contributed by atoms with Crippen LogP contribution in [0.1, 0.15) is 26.3 Å². The molecule has 7 heteroatoms. The van der Waals surface area contributed by atoms with E-state index in [1.54, 1.807) is 43.3 Å². The summed E-state index contributed by atoms with van der Waals surface area (Å²) in [5.74, 6) is 5.58. The van der Waals surface area contributed by atoms with E-state index >= 15 is 0 Å².